The lowest BCUT2D eigenvalue weighted by molar-refractivity contribution is 0.0955. The summed E-state index contributed by atoms with van der Waals surface area (Å²) >= 11 is 1.44. The third-order valence-corrected chi connectivity index (χ3v) is 4.98. The Morgan fingerprint density at radius 1 is 1.14 bits per heavy atom. The Morgan fingerprint density at radius 3 is 2.48 bits per heavy atom. The van der Waals surface area contributed by atoms with Crippen LogP contribution in [-0.4, -0.2) is 27.4 Å². The number of amides is 1. The van der Waals surface area contributed by atoms with Crippen molar-refractivity contribution >= 4 is 27.3 Å². The fourth-order valence-electron chi connectivity index (χ4n) is 1.66. The summed E-state index contributed by atoms with van der Waals surface area (Å²) in [5, 5.41) is 6.22. The maximum absolute atomic E-state index is 12.0. The van der Waals surface area contributed by atoms with E-state index in [1.807, 2.05) is 12.3 Å². The zero-order valence-electron chi connectivity index (χ0n) is 11.5. The number of benzene rings is 1. The molecule has 1 heterocycles. The lowest BCUT2D eigenvalue weighted by Crippen LogP contribution is -2.34. The molecule has 1 amide bonds. The number of hydrogen-bond acceptors (Lipinski definition) is 4. The molecular formula is C14H16N2O3S2. The van der Waals surface area contributed by atoms with Gasteiger partial charge in [-0.3, -0.25) is 4.79 Å². The lowest BCUT2D eigenvalue weighted by atomic mass is 10.2. The van der Waals surface area contributed by atoms with Crippen LogP contribution >= 0.6 is 11.3 Å². The van der Waals surface area contributed by atoms with Crippen LogP contribution in [0.5, 0.6) is 0 Å². The molecule has 112 valence electrons. The number of carbonyl (C=O) groups is 1. The number of nitrogens with one attached hydrogen (secondary N) is 2. The summed E-state index contributed by atoms with van der Waals surface area (Å²) in [6, 6.07) is 8.32. The molecule has 1 aromatic heterocycles. The van der Waals surface area contributed by atoms with E-state index in [-0.39, 0.29) is 23.9 Å². The third-order valence-electron chi connectivity index (χ3n) is 2.82. The number of carbonyl (C=O) groups excluding carboxylic acids is 1. The molecule has 2 aromatic rings. The molecule has 0 aliphatic heterocycles. The predicted octanol–water partition coefficient (Wildman–Crippen LogP) is 1.76. The molecule has 0 aliphatic carbocycles. The van der Waals surface area contributed by atoms with E-state index in [0.717, 1.165) is 5.56 Å². The average molecular weight is 324 g/mol. The van der Waals surface area contributed by atoms with Gasteiger partial charge in [-0.2, -0.15) is 11.3 Å². The average Bonchev–Trinajstić information content (AvgIpc) is 2.98. The monoisotopic (exact) mass is 324 g/mol. The molecule has 0 unspecified atom stereocenters. The maximum atomic E-state index is 12.0. The van der Waals surface area contributed by atoms with Crippen LogP contribution in [0.25, 0.3) is 0 Å². The first-order valence-corrected chi connectivity index (χ1v) is 8.78. The van der Waals surface area contributed by atoms with E-state index >= 15 is 0 Å². The van der Waals surface area contributed by atoms with E-state index in [1.165, 1.54) is 11.3 Å². The molecule has 2 rings (SSSR count). The second-order valence-corrected chi connectivity index (χ2v) is 7.03. The van der Waals surface area contributed by atoms with E-state index in [0.29, 0.717) is 5.56 Å². The fraction of sp³-hybridized carbons (Fsp3) is 0.214. The molecule has 0 bridgehead atoms. The highest BCUT2D eigenvalue weighted by Crippen LogP contribution is 2.09. The van der Waals surface area contributed by atoms with Crippen LogP contribution in [0.3, 0.4) is 0 Å². The molecule has 21 heavy (non-hydrogen) atoms. The van der Waals surface area contributed by atoms with Crippen LogP contribution in [0.15, 0.2) is 46.0 Å². The van der Waals surface area contributed by atoms with Gasteiger partial charge in [-0.15, -0.1) is 0 Å². The molecule has 5 nitrogen and oxygen atoms in total. The molecule has 7 heteroatoms. The van der Waals surface area contributed by atoms with Crippen LogP contribution in [-0.2, 0) is 10.0 Å². The van der Waals surface area contributed by atoms with E-state index < -0.39 is 10.0 Å². The SMILES string of the molecule is Cc1ccc(S(=O)(=O)NCCNC(=O)c2ccsc2)cc1. The van der Waals surface area contributed by atoms with Crippen molar-refractivity contribution in [2.75, 3.05) is 13.1 Å². The van der Waals surface area contributed by atoms with Gasteiger partial charge in [-0.05, 0) is 30.5 Å². The molecule has 0 radical (unpaired) electrons. The Bertz CT molecular complexity index is 692. The first-order valence-electron chi connectivity index (χ1n) is 6.36. The Hall–Kier alpha value is -1.70. The summed E-state index contributed by atoms with van der Waals surface area (Å²) in [7, 11) is -3.53. The van der Waals surface area contributed by atoms with E-state index in [9.17, 15) is 13.2 Å². The summed E-state index contributed by atoms with van der Waals surface area (Å²) in [5.41, 5.74) is 1.58. The highest BCUT2D eigenvalue weighted by atomic mass is 32.2. The summed E-state index contributed by atoms with van der Waals surface area (Å²) in [5.74, 6) is -0.203. The van der Waals surface area contributed by atoms with Crippen LogP contribution in [0.4, 0.5) is 0 Å². The minimum absolute atomic E-state index is 0.145. The molecule has 0 atom stereocenters. The van der Waals surface area contributed by atoms with Gasteiger partial charge in [0.2, 0.25) is 10.0 Å². The van der Waals surface area contributed by atoms with Crippen molar-refractivity contribution in [1.29, 1.82) is 0 Å². The van der Waals surface area contributed by atoms with Crippen molar-refractivity contribution in [1.82, 2.24) is 10.0 Å². The second kappa shape index (κ2) is 6.84. The predicted molar refractivity (Wildman–Crippen MR) is 83.0 cm³/mol. The Balaban J connectivity index is 1.82. The van der Waals surface area contributed by atoms with Crippen LogP contribution in [0.2, 0.25) is 0 Å². The summed E-state index contributed by atoms with van der Waals surface area (Å²) in [6.45, 7) is 2.27. The normalized spacial score (nSPS) is 11.3. The van der Waals surface area contributed by atoms with Crippen LogP contribution in [0, 0.1) is 6.92 Å². The van der Waals surface area contributed by atoms with Gasteiger partial charge in [0.15, 0.2) is 0 Å². The summed E-state index contributed by atoms with van der Waals surface area (Å²) in [6.07, 6.45) is 0. The standard InChI is InChI=1S/C14H16N2O3S2/c1-11-2-4-13(5-3-11)21(18,19)16-8-7-15-14(17)12-6-9-20-10-12/h2-6,9-10,16H,7-8H2,1H3,(H,15,17). The number of aryl methyl sites for hydroxylation is 1. The molecule has 0 saturated carbocycles. The fourth-order valence-corrected chi connectivity index (χ4v) is 3.33. The Labute approximate surface area is 128 Å². The molecule has 0 fully saturated rings. The van der Waals surface area contributed by atoms with E-state index in [2.05, 4.69) is 10.0 Å². The summed E-state index contributed by atoms with van der Waals surface area (Å²) in [4.78, 5) is 11.9. The van der Waals surface area contributed by atoms with Gasteiger partial charge >= 0.3 is 0 Å². The minimum Gasteiger partial charge on any atom is -0.351 e. The van der Waals surface area contributed by atoms with Gasteiger partial charge < -0.3 is 5.32 Å². The number of hydrogen-bond donors (Lipinski definition) is 2. The van der Waals surface area contributed by atoms with Gasteiger partial charge in [0.05, 0.1) is 4.90 Å². The smallest absolute Gasteiger partial charge is 0.252 e. The van der Waals surface area contributed by atoms with Crippen molar-refractivity contribution in [3.8, 4) is 0 Å². The highest BCUT2D eigenvalue weighted by molar-refractivity contribution is 7.89. The van der Waals surface area contributed by atoms with Gasteiger partial charge in [0.25, 0.3) is 5.91 Å². The van der Waals surface area contributed by atoms with Gasteiger partial charge in [-0.1, -0.05) is 17.7 Å². The number of sulfonamides is 1. The second-order valence-electron chi connectivity index (χ2n) is 4.48. The summed E-state index contributed by atoms with van der Waals surface area (Å²) < 4.78 is 26.4. The highest BCUT2D eigenvalue weighted by Gasteiger charge is 2.13. The zero-order valence-corrected chi connectivity index (χ0v) is 13.1. The molecule has 0 aliphatic rings. The van der Waals surface area contributed by atoms with Crippen molar-refractivity contribution in [2.24, 2.45) is 0 Å². The molecule has 1 aromatic carbocycles. The van der Waals surface area contributed by atoms with Crippen molar-refractivity contribution in [3.63, 3.8) is 0 Å². The quantitative estimate of drug-likeness (QED) is 0.795. The Kier molecular flexibility index (Phi) is 5.11. The first-order chi connectivity index (χ1) is 9.99. The zero-order chi connectivity index (χ0) is 15.3. The van der Waals surface area contributed by atoms with E-state index in [1.54, 1.807) is 35.7 Å². The number of rotatable bonds is 6. The largest absolute Gasteiger partial charge is 0.351 e. The molecular weight excluding hydrogens is 308 g/mol. The molecule has 0 spiro atoms. The van der Waals surface area contributed by atoms with E-state index in [4.69, 9.17) is 0 Å². The Morgan fingerprint density at radius 2 is 1.86 bits per heavy atom. The maximum Gasteiger partial charge on any atom is 0.252 e. The van der Waals surface area contributed by atoms with Gasteiger partial charge in [-0.25, -0.2) is 13.1 Å². The third kappa shape index (κ3) is 4.38. The minimum atomic E-state index is -3.53. The van der Waals surface area contributed by atoms with Gasteiger partial charge in [0.1, 0.15) is 0 Å². The number of thiophene rings is 1. The van der Waals surface area contributed by atoms with Crippen LogP contribution in [0.1, 0.15) is 15.9 Å². The van der Waals surface area contributed by atoms with Crippen molar-refractivity contribution in [2.45, 2.75) is 11.8 Å². The molecule has 0 saturated heterocycles. The van der Waals surface area contributed by atoms with Crippen molar-refractivity contribution in [3.05, 3.63) is 52.2 Å². The topological polar surface area (TPSA) is 75.3 Å². The van der Waals surface area contributed by atoms with Crippen molar-refractivity contribution < 1.29 is 13.2 Å². The van der Waals surface area contributed by atoms with Gasteiger partial charge in [0, 0.05) is 24.0 Å². The molecule has 2 N–H and O–H groups in total. The first kappa shape index (κ1) is 15.7. The lowest BCUT2D eigenvalue weighted by Gasteiger charge is -2.08. The van der Waals surface area contributed by atoms with Crippen LogP contribution < -0.4 is 10.0 Å².